The summed E-state index contributed by atoms with van der Waals surface area (Å²) in [7, 11) is -1.97. The molecule has 5 nitrogen and oxygen atoms in total. The van der Waals surface area contributed by atoms with Crippen LogP contribution in [0.3, 0.4) is 0 Å². The molecule has 0 amide bonds. The summed E-state index contributed by atoms with van der Waals surface area (Å²) in [5.74, 6) is 0.547. The van der Waals surface area contributed by atoms with Crippen molar-refractivity contribution in [3.05, 3.63) is 22.7 Å². The Morgan fingerprint density at radius 1 is 1.29 bits per heavy atom. The van der Waals surface area contributed by atoms with Crippen LogP contribution in [-0.4, -0.2) is 45.0 Å². The molecule has 2 fully saturated rings. The van der Waals surface area contributed by atoms with Gasteiger partial charge >= 0.3 is 0 Å². The Morgan fingerprint density at radius 3 is 2.81 bits per heavy atom. The Labute approximate surface area is 133 Å². The van der Waals surface area contributed by atoms with Gasteiger partial charge in [-0.2, -0.15) is 4.31 Å². The molecule has 0 aromatic heterocycles. The van der Waals surface area contributed by atoms with Crippen molar-refractivity contribution >= 4 is 26.0 Å². The van der Waals surface area contributed by atoms with E-state index in [4.69, 9.17) is 4.74 Å². The van der Waals surface area contributed by atoms with E-state index in [1.54, 1.807) is 22.5 Å². The van der Waals surface area contributed by atoms with Crippen LogP contribution in [0.25, 0.3) is 0 Å². The molecule has 7 heteroatoms. The van der Waals surface area contributed by atoms with Gasteiger partial charge in [-0.3, -0.25) is 0 Å². The molecule has 0 spiro atoms. The average Bonchev–Trinajstić information content (AvgIpc) is 2.78. The minimum atomic E-state index is -3.50. The Bertz CT molecular complexity index is 635. The van der Waals surface area contributed by atoms with Crippen molar-refractivity contribution in [3.8, 4) is 5.75 Å². The van der Waals surface area contributed by atoms with Crippen LogP contribution in [0.15, 0.2) is 27.6 Å². The van der Waals surface area contributed by atoms with Gasteiger partial charge in [0.25, 0.3) is 0 Å². The largest absolute Gasteiger partial charge is 0.497 e. The Kier molecular flexibility index (Phi) is 4.27. The molecule has 1 aromatic carbocycles. The Balaban J connectivity index is 1.93. The van der Waals surface area contributed by atoms with Crippen molar-refractivity contribution in [1.29, 1.82) is 0 Å². The van der Waals surface area contributed by atoms with E-state index in [0.717, 1.165) is 19.3 Å². The minimum Gasteiger partial charge on any atom is -0.497 e. The second kappa shape index (κ2) is 5.87. The summed E-state index contributed by atoms with van der Waals surface area (Å²) in [6, 6.07) is 5.78. The fourth-order valence-electron chi connectivity index (χ4n) is 3.08. The van der Waals surface area contributed by atoms with Crippen LogP contribution < -0.4 is 10.1 Å². The molecular weight excluding hydrogens is 356 g/mol. The normalized spacial score (nSPS) is 26.6. The number of nitrogens with zero attached hydrogens (tertiary/aromatic N) is 1. The lowest BCUT2D eigenvalue weighted by molar-refractivity contribution is 0.382. The monoisotopic (exact) mass is 374 g/mol. The van der Waals surface area contributed by atoms with Gasteiger partial charge in [-0.25, -0.2) is 8.42 Å². The molecular formula is C14H19BrN2O3S. The van der Waals surface area contributed by atoms with E-state index in [2.05, 4.69) is 21.2 Å². The highest BCUT2D eigenvalue weighted by Crippen LogP contribution is 2.31. The maximum Gasteiger partial charge on any atom is 0.244 e. The lowest BCUT2D eigenvalue weighted by Gasteiger charge is -2.24. The van der Waals surface area contributed by atoms with E-state index in [9.17, 15) is 8.42 Å². The number of sulfonamides is 1. The van der Waals surface area contributed by atoms with Gasteiger partial charge in [-0.05, 0) is 47.3 Å². The smallest absolute Gasteiger partial charge is 0.244 e. The lowest BCUT2D eigenvalue weighted by Crippen LogP contribution is -2.39. The number of ether oxygens (including phenoxy) is 1. The summed E-state index contributed by atoms with van der Waals surface area (Å²) in [4.78, 5) is 0.277. The third-order valence-corrected chi connectivity index (χ3v) is 7.10. The van der Waals surface area contributed by atoms with Crippen LogP contribution in [0.2, 0.25) is 0 Å². The first-order chi connectivity index (χ1) is 10.0. The highest BCUT2D eigenvalue weighted by molar-refractivity contribution is 9.10. The van der Waals surface area contributed by atoms with E-state index in [0.29, 0.717) is 29.4 Å². The molecule has 1 aromatic rings. The summed E-state index contributed by atoms with van der Waals surface area (Å²) < 4.78 is 33.2. The summed E-state index contributed by atoms with van der Waals surface area (Å²) >= 11 is 3.35. The first-order valence-corrected chi connectivity index (χ1v) is 9.34. The number of nitrogens with one attached hydrogen (secondary N) is 1. The van der Waals surface area contributed by atoms with E-state index in [-0.39, 0.29) is 10.9 Å². The number of methoxy groups -OCH3 is 1. The number of hydrogen-bond donors (Lipinski definition) is 1. The highest BCUT2D eigenvalue weighted by atomic mass is 79.9. The van der Waals surface area contributed by atoms with Crippen molar-refractivity contribution in [1.82, 2.24) is 9.62 Å². The van der Waals surface area contributed by atoms with Gasteiger partial charge in [0.05, 0.1) is 7.11 Å². The first kappa shape index (κ1) is 15.3. The number of hydrogen-bond acceptors (Lipinski definition) is 4. The second-order valence-corrected chi connectivity index (χ2v) is 8.35. The van der Waals surface area contributed by atoms with Gasteiger partial charge < -0.3 is 10.1 Å². The molecule has 2 aliphatic heterocycles. The van der Waals surface area contributed by atoms with Gasteiger partial charge in [-0.15, -0.1) is 0 Å². The van der Waals surface area contributed by atoms with Gasteiger partial charge in [0.15, 0.2) is 0 Å². The average molecular weight is 375 g/mol. The predicted molar refractivity (Wildman–Crippen MR) is 84.0 cm³/mol. The molecule has 2 saturated heterocycles. The molecule has 116 valence electrons. The van der Waals surface area contributed by atoms with Crippen LogP contribution in [0.4, 0.5) is 0 Å². The molecule has 2 atom stereocenters. The second-order valence-electron chi connectivity index (χ2n) is 5.59. The fourth-order valence-corrected chi connectivity index (χ4v) is 5.52. The molecule has 0 radical (unpaired) electrons. The lowest BCUT2D eigenvalue weighted by atomic mass is 10.1. The van der Waals surface area contributed by atoms with E-state index < -0.39 is 10.0 Å². The fraction of sp³-hybridized carbons (Fsp3) is 0.571. The van der Waals surface area contributed by atoms with Crippen molar-refractivity contribution in [2.45, 2.75) is 36.2 Å². The summed E-state index contributed by atoms with van der Waals surface area (Å²) in [6.45, 7) is 1.11. The molecule has 2 bridgehead atoms. The minimum absolute atomic E-state index is 0.275. The molecule has 0 saturated carbocycles. The van der Waals surface area contributed by atoms with Gasteiger partial charge in [0.1, 0.15) is 10.6 Å². The molecule has 2 heterocycles. The molecule has 3 rings (SSSR count). The van der Waals surface area contributed by atoms with Crippen molar-refractivity contribution < 1.29 is 13.2 Å². The summed E-state index contributed by atoms with van der Waals surface area (Å²) in [6.07, 6.45) is 3.08. The number of benzene rings is 1. The topological polar surface area (TPSA) is 58.6 Å². The maximum absolute atomic E-state index is 12.9. The van der Waals surface area contributed by atoms with Gasteiger partial charge in [-0.1, -0.05) is 0 Å². The van der Waals surface area contributed by atoms with Crippen LogP contribution in [0, 0.1) is 0 Å². The molecule has 2 unspecified atom stereocenters. The molecule has 0 aliphatic carbocycles. The summed E-state index contributed by atoms with van der Waals surface area (Å²) in [5.41, 5.74) is 0. The zero-order chi connectivity index (χ0) is 15.0. The van der Waals surface area contributed by atoms with Gasteiger partial charge in [0.2, 0.25) is 10.0 Å². The quantitative estimate of drug-likeness (QED) is 0.878. The predicted octanol–water partition coefficient (Wildman–Crippen LogP) is 1.97. The molecule has 1 N–H and O–H groups in total. The maximum atomic E-state index is 12.9. The Hall–Kier alpha value is -0.630. The van der Waals surface area contributed by atoms with Crippen LogP contribution in [0.5, 0.6) is 5.75 Å². The van der Waals surface area contributed by atoms with Gasteiger partial charge in [0, 0.05) is 35.7 Å². The zero-order valence-corrected chi connectivity index (χ0v) is 14.3. The third-order valence-electron chi connectivity index (χ3n) is 4.24. The molecule has 2 aliphatic rings. The van der Waals surface area contributed by atoms with Crippen molar-refractivity contribution in [3.63, 3.8) is 0 Å². The van der Waals surface area contributed by atoms with Crippen molar-refractivity contribution in [2.75, 3.05) is 20.2 Å². The van der Waals surface area contributed by atoms with Crippen LogP contribution in [0.1, 0.15) is 19.3 Å². The van der Waals surface area contributed by atoms with E-state index in [1.165, 1.54) is 7.11 Å². The summed E-state index contributed by atoms with van der Waals surface area (Å²) in [5, 5.41) is 3.50. The SMILES string of the molecule is COc1ccc(Br)c(S(=O)(=O)N2CCC3CCC(C2)N3)c1. The number of fused-ring (bicyclic) bond motifs is 2. The zero-order valence-electron chi connectivity index (χ0n) is 11.9. The first-order valence-electron chi connectivity index (χ1n) is 7.10. The number of rotatable bonds is 3. The van der Waals surface area contributed by atoms with Crippen LogP contribution >= 0.6 is 15.9 Å². The molecule has 21 heavy (non-hydrogen) atoms. The van der Waals surface area contributed by atoms with Crippen LogP contribution in [-0.2, 0) is 10.0 Å². The van der Waals surface area contributed by atoms with Crippen molar-refractivity contribution in [2.24, 2.45) is 0 Å². The highest BCUT2D eigenvalue weighted by Gasteiger charge is 2.35. The van der Waals surface area contributed by atoms with E-state index >= 15 is 0 Å². The Morgan fingerprint density at radius 2 is 2.05 bits per heavy atom. The third kappa shape index (κ3) is 2.97. The standard InChI is InChI=1S/C14H19BrN2O3S/c1-20-12-4-5-13(15)14(8-12)21(18,19)17-7-6-10-2-3-11(9-17)16-10/h4-5,8,10-11,16H,2-3,6-7,9H2,1H3. The van der Waals surface area contributed by atoms with E-state index in [1.807, 2.05) is 0 Å². The number of halogens is 1.